The Morgan fingerprint density at radius 2 is 1.73 bits per heavy atom. The highest BCUT2D eigenvalue weighted by molar-refractivity contribution is 7.99. The summed E-state index contributed by atoms with van der Waals surface area (Å²) in [6.45, 7) is 4.75. The van der Waals surface area contributed by atoms with Gasteiger partial charge in [0.2, 0.25) is 0 Å². The second-order valence-corrected chi connectivity index (χ2v) is 7.89. The Balaban J connectivity index is 1.63. The molecule has 1 N–H and O–H groups in total. The number of aromatic nitrogens is 3. The number of thioether (sulfide) groups is 1. The number of carbonyl (C=O) groups excluding carboxylic acids is 1. The van der Waals surface area contributed by atoms with E-state index in [0.717, 1.165) is 11.4 Å². The van der Waals surface area contributed by atoms with Crippen LogP contribution >= 0.6 is 11.8 Å². The van der Waals surface area contributed by atoms with Crippen molar-refractivity contribution in [1.82, 2.24) is 20.2 Å². The van der Waals surface area contributed by atoms with Gasteiger partial charge in [0.25, 0.3) is 5.91 Å². The van der Waals surface area contributed by atoms with Crippen molar-refractivity contribution in [2.24, 2.45) is 5.10 Å². The molecule has 0 aliphatic carbocycles. The smallest absolute Gasteiger partial charge is 0.250 e. The molecule has 3 aromatic rings. The van der Waals surface area contributed by atoms with Crippen molar-refractivity contribution in [2.45, 2.75) is 25.5 Å². The molecular weight excluding hydrogens is 442 g/mol. The van der Waals surface area contributed by atoms with Gasteiger partial charge >= 0.3 is 0 Å². The van der Waals surface area contributed by atoms with Crippen LogP contribution in [-0.2, 0) is 11.3 Å². The van der Waals surface area contributed by atoms with Gasteiger partial charge < -0.3 is 18.8 Å². The van der Waals surface area contributed by atoms with E-state index in [9.17, 15) is 4.79 Å². The molecule has 10 heteroatoms. The molecule has 3 rings (SSSR count). The lowest BCUT2D eigenvalue weighted by atomic mass is 10.1. The van der Waals surface area contributed by atoms with Crippen molar-refractivity contribution in [3.8, 4) is 28.6 Å². The van der Waals surface area contributed by atoms with E-state index in [1.54, 1.807) is 33.5 Å². The van der Waals surface area contributed by atoms with Crippen LogP contribution in [-0.4, -0.2) is 54.0 Å². The van der Waals surface area contributed by atoms with Gasteiger partial charge in [0.1, 0.15) is 5.75 Å². The maximum absolute atomic E-state index is 12.3. The predicted molar refractivity (Wildman–Crippen MR) is 128 cm³/mol. The van der Waals surface area contributed by atoms with E-state index in [4.69, 9.17) is 14.2 Å². The zero-order chi connectivity index (χ0) is 23.8. The molecule has 0 spiro atoms. The number of amides is 1. The molecule has 0 bridgehead atoms. The van der Waals surface area contributed by atoms with Crippen molar-refractivity contribution < 1.29 is 19.0 Å². The van der Waals surface area contributed by atoms with Crippen LogP contribution in [0.3, 0.4) is 0 Å². The fraction of sp³-hybridized carbons (Fsp3) is 0.304. The van der Waals surface area contributed by atoms with E-state index in [1.165, 1.54) is 23.5 Å². The summed E-state index contributed by atoms with van der Waals surface area (Å²) in [6.07, 6.45) is 1.49. The van der Waals surface area contributed by atoms with Crippen molar-refractivity contribution in [2.75, 3.05) is 27.1 Å². The number of nitrogens with one attached hydrogen (secondary N) is 1. The zero-order valence-electron chi connectivity index (χ0n) is 19.3. The molecule has 0 fully saturated rings. The van der Waals surface area contributed by atoms with Crippen molar-refractivity contribution in [3.05, 3.63) is 47.5 Å². The Morgan fingerprint density at radius 3 is 2.36 bits per heavy atom. The van der Waals surface area contributed by atoms with Crippen LogP contribution in [0.5, 0.6) is 17.2 Å². The monoisotopic (exact) mass is 469 g/mol. The highest BCUT2D eigenvalue weighted by atomic mass is 32.2. The van der Waals surface area contributed by atoms with Gasteiger partial charge in [-0.2, -0.15) is 5.10 Å². The lowest BCUT2D eigenvalue weighted by Gasteiger charge is -2.11. The van der Waals surface area contributed by atoms with Gasteiger partial charge in [-0.25, -0.2) is 5.43 Å². The lowest BCUT2D eigenvalue weighted by Crippen LogP contribution is -2.20. The molecule has 0 atom stereocenters. The molecule has 0 saturated heterocycles. The number of carbonyl (C=O) groups is 1. The highest BCUT2D eigenvalue weighted by Crippen LogP contribution is 2.33. The molecule has 0 aliphatic heterocycles. The summed E-state index contributed by atoms with van der Waals surface area (Å²) in [7, 11) is 4.64. The van der Waals surface area contributed by atoms with Gasteiger partial charge in [-0.05, 0) is 19.9 Å². The molecule has 0 radical (unpaired) electrons. The number of aryl methyl sites for hydroxylation is 1. The molecule has 174 valence electrons. The molecule has 2 aromatic carbocycles. The largest absolute Gasteiger partial charge is 0.496 e. The van der Waals surface area contributed by atoms with Crippen LogP contribution in [0.2, 0.25) is 0 Å². The van der Waals surface area contributed by atoms with Crippen molar-refractivity contribution in [1.29, 1.82) is 0 Å². The fourth-order valence-corrected chi connectivity index (χ4v) is 3.88. The fourth-order valence-electron chi connectivity index (χ4n) is 3.09. The Kier molecular flexibility index (Phi) is 8.31. The van der Waals surface area contributed by atoms with Gasteiger partial charge in [0.15, 0.2) is 22.5 Å². The second kappa shape index (κ2) is 11.4. The molecule has 1 amide bonds. The number of hydrogen-bond donors (Lipinski definition) is 1. The molecular formula is C23H27N5O4S. The molecule has 1 aromatic heterocycles. The molecule has 9 nitrogen and oxygen atoms in total. The SMILES string of the molecule is CCn1c(SCC(=O)N/N=C\c2cc(OC)c(OC)cc2OC)nnc1-c1ccc(C)cc1. The van der Waals surface area contributed by atoms with Crippen LogP contribution in [0, 0.1) is 6.92 Å². The Morgan fingerprint density at radius 1 is 1.06 bits per heavy atom. The third-order valence-electron chi connectivity index (χ3n) is 4.80. The minimum Gasteiger partial charge on any atom is -0.496 e. The minimum absolute atomic E-state index is 0.145. The summed E-state index contributed by atoms with van der Waals surface area (Å²) in [6, 6.07) is 11.5. The zero-order valence-corrected chi connectivity index (χ0v) is 20.1. The van der Waals surface area contributed by atoms with Gasteiger partial charge in [0, 0.05) is 23.7 Å². The maximum Gasteiger partial charge on any atom is 0.250 e. The summed E-state index contributed by atoms with van der Waals surface area (Å²) in [5.41, 5.74) is 5.33. The normalized spacial score (nSPS) is 10.9. The molecule has 33 heavy (non-hydrogen) atoms. The Hall–Kier alpha value is -3.53. The first-order valence-electron chi connectivity index (χ1n) is 10.3. The van der Waals surface area contributed by atoms with Gasteiger partial charge in [-0.15, -0.1) is 10.2 Å². The summed E-state index contributed by atoms with van der Waals surface area (Å²) < 4.78 is 17.9. The van der Waals surface area contributed by atoms with Gasteiger partial charge in [-0.1, -0.05) is 41.6 Å². The number of hydrazone groups is 1. The third kappa shape index (κ3) is 5.83. The van der Waals surface area contributed by atoms with Crippen LogP contribution in [0.1, 0.15) is 18.1 Å². The number of ether oxygens (including phenoxy) is 3. The van der Waals surface area contributed by atoms with E-state index < -0.39 is 0 Å². The standard InChI is InChI=1S/C23H27N5O4S/c1-6-28-22(16-9-7-15(2)8-10-16)26-27-23(28)33-14-21(29)25-24-13-17-11-19(31-4)20(32-5)12-18(17)30-3/h7-13H,6,14H2,1-5H3,(H,25,29)/b24-13-. The Labute approximate surface area is 197 Å². The van der Waals surface area contributed by atoms with Crippen LogP contribution in [0.4, 0.5) is 0 Å². The number of rotatable bonds is 10. The van der Waals surface area contributed by atoms with Gasteiger partial charge in [0.05, 0.1) is 33.3 Å². The lowest BCUT2D eigenvalue weighted by molar-refractivity contribution is -0.118. The first-order chi connectivity index (χ1) is 16.0. The van der Waals surface area contributed by atoms with E-state index in [2.05, 4.69) is 20.7 Å². The first kappa shape index (κ1) is 24.1. The van der Waals surface area contributed by atoms with E-state index in [-0.39, 0.29) is 11.7 Å². The van der Waals surface area contributed by atoms with Crippen LogP contribution in [0.25, 0.3) is 11.4 Å². The quantitative estimate of drug-likeness (QED) is 0.275. The average Bonchev–Trinajstić information content (AvgIpc) is 3.25. The van der Waals surface area contributed by atoms with E-state index in [0.29, 0.717) is 34.5 Å². The van der Waals surface area contributed by atoms with E-state index >= 15 is 0 Å². The summed E-state index contributed by atoms with van der Waals surface area (Å²) in [5.74, 6) is 2.27. The van der Waals surface area contributed by atoms with Gasteiger partial charge in [-0.3, -0.25) is 4.79 Å². The highest BCUT2D eigenvalue weighted by Gasteiger charge is 2.15. The number of benzene rings is 2. The second-order valence-electron chi connectivity index (χ2n) is 6.95. The topological polar surface area (TPSA) is 99.9 Å². The summed E-state index contributed by atoms with van der Waals surface area (Å²) in [4.78, 5) is 12.3. The molecule has 0 saturated carbocycles. The minimum atomic E-state index is -0.266. The number of methoxy groups -OCH3 is 3. The first-order valence-corrected chi connectivity index (χ1v) is 11.2. The molecule has 0 aliphatic rings. The van der Waals surface area contributed by atoms with Crippen LogP contribution < -0.4 is 19.6 Å². The number of nitrogens with zero attached hydrogens (tertiary/aromatic N) is 4. The summed E-state index contributed by atoms with van der Waals surface area (Å²) >= 11 is 1.31. The molecule has 1 heterocycles. The number of hydrogen-bond acceptors (Lipinski definition) is 8. The van der Waals surface area contributed by atoms with Crippen molar-refractivity contribution in [3.63, 3.8) is 0 Å². The van der Waals surface area contributed by atoms with Crippen LogP contribution in [0.15, 0.2) is 46.7 Å². The van der Waals surface area contributed by atoms with Crippen molar-refractivity contribution >= 4 is 23.9 Å². The average molecular weight is 470 g/mol. The maximum atomic E-state index is 12.3. The third-order valence-corrected chi connectivity index (χ3v) is 5.77. The Bertz CT molecular complexity index is 1130. The molecule has 0 unspecified atom stereocenters. The predicted octanol–water partition coefficient (Wildman–Crippen LogP) is 3.54. The summed E-state index contributed by atoms with van der Waals surface area (Å²) in [5, 5.41) is 13.3. The van der Waals surface area contributed by atoms with E-state index in [1.807, 2.05) is 42.7 Å².